The molecule has 4 rings (SSSR count). The molecule has 27 heavy (non-hydrogen) atoms. The molecular weight excluding hydrogens is 387 g/mol. The van der Waals surface area contributed by atoms with Crippen LogP contribution in [-0.4, -0.2) is 21.6 Å². The van der Waals surface area contributed by atoms with Crippen LogP contribution in [0, 0.1) is 0 Å². The smallest absolute Gasteiger partial charge is 0.249 e. The monoisotopic (exact) mass is 400 g/mol. The van der Waals surface area contributed by atoms with Crippen molar-refractivity contribution in [1.82, 2.24) is 9.78 Å². The Labute approximate surface area is 165 Å². The van der Waals surface area contributed by atoms with Gasteiger partial charge in [-0.1, -0.05) is 41.4 Å². The molecule has 136 valence electrons. The highest BCUT2D eigenvalue weighted by Gasteiger charge is 2.33. The summed E-state index contributed by atoms with van der Waals surface area (Å²) in [5.41, 5.74) is 2.13. The number of anilines is 2. The SMILES string of the molecule is O=C1C[C@@H](C(=O)Nc2cccc(Cl)c2)n2ncc(-c3ccc(Cl)cc3)c2N1. The molecule has 0 bridgehead atoms. The van der Waals surface area contributed by atoms with Gasteiger partial charge in [-0.05, 0) is 35.9 Å². The first-order valence-electron chi connectivity index (χ1n) is 8.21. The number of benzene rings is 2. The molecule has 1 aliphatic rings. The first kappa shape index (κ1) is 17.6. The van der Waals surface area contributed by atoms with Crippen LogP contribution in [-0.2, 0) is 9.59 Å². The number of amides is 2. The Bertz CT molecular complexity index is 1030. The highest BCUT2D eigenvalue weighted by molar-refractivity contribution is 6.31. The molecule has 0 saturated carbocycles. The largest absolute Gasteiger partial charge is 0.324 e. The van der Waals surface area contributed by atoms with E-state index in [1.165, 1.54) is 4.68 Å². The summed E-state index contributed by atoms with van der Waals surface area (Å²) in [5, 5.41) is 11.1. The van der Waals surface area contributed by atoms with Gasteiger partial charge in [-0.25, -0.2) is 4.68 Å². The summed E-state index contributed by atoms with van der Waals surface area (Å²) in [5.74, 6) is -0.0941. The normalized spacial score (nSPS) is 15.8. The minimum absolute atomic E-state index is 0.00113. The van der Waals surface area contributed by atoms with Crippen LogP contribution in [0.4, 0.5) is 11.5 Å². The van der Waals surface area contributed by atoms with Crippen LogP contribution in [0.25, 0.3) is 11.1 Å². The Morgan fingerprint density at radius 3 is 2.67 bits per heavy atom. The lowest BCUT2D eigenvalue weighted by molar-refractivity contribution is -0.125. The molecule has 2 heterocycles. The number of rotatable bonds is 3. The number of carbonyl (C=O) groups excluding carboxylic acids is 2. The second kappa shape index (κ2) is 7.06. The number of hydrogen-bond acceptors (Lipinski definition) is 3. The zero-order chi connectivity index (χ0) is 19.0. The van der Waals surface area contributed by atoms with E-state index in [4.69, 9.17) is 23.2 Å². The van der Waals surface area contributed by atoms with E-state index in [2.05, 4.69) is 15.7 Å². The van der Waals surface area contributed by atoms with Crippen molar-refractivity contribution >= 4 is 46.5 Å². The number of aromatic nitrogens is 2. The first-order chi connectivity index (χ1) is 13.0. The molecule has 6 nitrogen and oxygen atoms in total. The molecule has 8 heteroatoms. The van der Waals surface area contributed by atoms with E-state index < -0.39 is 6.04 Å². The molecule has 1 aliphatic heterocycles. The molecule has 2 amide bonds. The lowest BCUT2D eigenvalue weighted by atomic mass is 10.1. The fraction of sp³-hybridized carbons (Fsp3) is 0.105. The van der Waals surface area contributed by atoms with Crippen molar-refractivity contribution in [2.75, 3.05) is 10.6 Å². The average Bonchev–Trinajstić information content (AvgIpc) is 3.05. The molecule has 3 aromatic rings. The van der Waals surface area contributed by atoms with E-state index in [9.17, 15) is 9.59 Å². The van der Waals surface area contributed by atoms with Crippen LogP contribution in [0.15, 0.2) is 54.7 Å². The molecular formula is C19H14Cl2N4O2. The maximum absolute atomic E-state index is 12.8. The molecule has 0 spiro atoms. The molecule has 0 saturated heterocycles. The van der Waals surface area contributed by atoms with Crippen LogP contribution < -0.4 is 10.6 Å². The van der Waals surface area contributed by atoms with Crippen LogP contribution in [0.2, 0.25) is 10.0 Å². The van der Waals surface area contributed by atoms with E-state index >= 15 is 0 Å². The quantitative estimate of drug-likeness (QED) is 0.684. The van der Waals surface area contributed by atoms with E-state index in [0.29, 0.717) is 21.6 Å². The van der Waals surface area contributed by atoms with Gasteiger partial charge in [0.25, 0.3) is 0 Å². The van der Waals surface area contributed by atoms with Crippen molar-refractivity contribution in [3.63, 3.8) is 0 Å². The second-order valence-corrected chi connectivity index (χ2v) is 7.00. The van der Waals surface area contributed by atoms with Gasteiger partial charge < -0.3 is 10.6 Å². The van der Waals surface area contributed by atoms with Gasteiger partial charge in [0, 0.05) is 21.3 Å². The van der Waals surface area contributed by atoms with E-state index in [1.807, 2.05) is 12.1 Å². The molecule has 2 aromatic carbocycles. The summed E-state index contributed by atoms with van der Waals surface area (Å²) in [6.07, 6.45) is 1.63. The number of nitrogens with zero attached hydrogens (tertiary/aromatic N) is 2. The number of nitrogens with one attached hydrogen (secondary N) is 2. The predicted molar refractivity (Wildman–Crippen MR) is 105 cm³/mol. The highest BCUT2D eigenvalue weighted by Crippen LogP contribution is 2.34. The van der Waals surface area contributed by atoms with Crippen molar-refractivity contribution < 1.29 is 9.59 Å². The van der Waals surface area contributed by atoms with Crippen molar-refractivity contribution in [2.24, 2.45) is 0 Å². The summed E-state index contributed by atoms with van der Waals surface area (Å²) < 4.78 is 1.53. The van der Waals surface area contributed by atoms with Crippen molar-refractivity contribution in [2.45, 2.75) is 12.5 Å². The van der Waals surface area contributed by atoms with Crippen molar-refractivity contribution in [3.05, 3.63) is 64.8 Å². The summed E-state index contributed by atoms with van der Waals surface area (Å²) in [4.78, 5) is 25.0. The zero-order valence-corrected chi connectivity index (χ0v) is 15.5. The molecule has 0 fully saturated rings. The minimum Gasteiger partial charge on any atom is -0.324 e. The predicted octanol–water partition coefficient (Wildman–Crippen LogP) is 4.38. The maximum Gasteiger partial charge on any atom is 0.249 e. The van der Waals surface area contributed by atoms with E-state index in [1.54, 1.807) is 42.6 Å². The van der Waals surface area contributed by atoms with Crippen LogP contribution in [0.3, 0.4) is 0 Å². The number of carbonyl (C=O) groups is 2. The van der Waals surface area contributed by atoms with Gasteiger partial charge in [-0.3, -0.25) is 9.59 Å². The lowest BCUT2D eigenvalue weighted by Crippen LogP contribution is -2.35. The first-order valence-corrected chi connectivity index (χ1v) is 8.96. The molecule has 0 unspecified atom stereocenters. The number of fused-ring (bicyclic) bond motifs is 1. The molecule has 0 aliphatic carbocycles. The Hall–Kier alpha value is -2.83. The highest BCUT2D eigenvalue weighted by atomic mass is 35.5. The van der Waals surface area contributed by atoms with Crippen LogP contribution in [0.1, 0.15) is 12.5 Å². The van der Waals surface area contributed by atoms with Crippen molar-refractivity contribution in [1.29, 1.82) is 0 Å². The number of hydrogen-bond donors (Lipinski definition) is 2. The Morgan fingerprint density at radius 1 is 1.15 bits per heavy atom. The summed E-state index contributed by atoms with van der Waals surface area (Å²) >= 11 is 11.9. The summed E-state index contributed by atoms with van der Waals surface area (Å²) in [6, 6.07) is 13.3. The number of halogens is 2. The third kappa shape index (κ3) is 3.54. The summed E-state index contributed by atoms with van der Waals surface area (Å²) in [7, 11) is 0. The van der Waals surface area contributed by atoms with Gasteiger partial charge >= 0.3 is 0 Å². The van der Waals surface area contributed by atoms with Gasteiger partial charge in [0.05, 0.1) is 12.6 Å². The molecule has 1 atom stereocenters. The van der Waals surface area contributed by atoms with Gasteiger partial charge in [0.2, 0.25) is 11.8 Å². The van der Waals surface area contributed by atoms with Gasteiger partial charge in [-0.15, -0.1) is 0 Å². The topological polar surface area (TPSA) is 76.0 Å². The minimum atomic E-state index is -0.756. The third-order valence-electron chi connectivity index (χ3n) is 4.28. The molecule has 2 N–H and O–H groups in total. The Morgan fingerprint density at radius 2 is 1.93 bits per heavy atom. The van der Waals surface area contributed by atoms with E-state index in [0.717, 1.165) is 11.1 Å². The fourth-order valence-electron chi connectivity index (χ4n) is 3.00. The Balaban J connectivity index is 1.66. The molecule has 1 aromatic heterocycles. The molecule has 0 radical (unpaired) electrons. The van der Waals surface area contributed by atoms with Crippen LogP contribution >= 0.6 is 23.2 Å². The fourth-order valence-corrected chi connectivity index (χ4v) is 3.32. The van der Waals surface area contributed by atoms with Crippen molar-refractivity contribution in [3.8, 4) is 11.1 Å². The second-order valence-electron chi connectivity index (χ2n) is 6.13. The summed E-state index contributed by atoms with van der Waals surface area (Å²) in [6.45, 7) is 0. The average molecular weight is 401 g/mol. The van der Waals surface area contributed by atoms with E-state index in [-0.39, 0.29) is 18.2 Å². The van der Waals surface area contributed by atoms with Gasteiger partial charge in [0.15, 0.2) is 0 Å². The standard InChI is InChI=1S/C19H14Cl2N4O2/c20-12-6-4-11(5-7-12)15-10-22-25-16(9-17(26)24-18(15)25)19(27)23-14-3-1-2-13(21)8-14/h1-8,10,16H,9H2,(H,23,27)(H,24,26)/t16-/m0/s1. The third-order valence-corrected chi connectivity index (χ3v) is 4.76. The van der Waals surface area contributed by atoms with Gasteiger partial charge in [-0.2, -0.15) is 5.10 Å². The Kier molecular flexibility index (Phi) is 4.59. The lowest BCUT2D eigenvalue weighted by Gasteiger charge is -2.24. The van der Waals surface area contributed by atoms with Crippen LogP contribution in [0.5, 0.6) is 0 Å². The van der Waals surface area contributed by atoms with Gasteiger partial charge in [0.1, 0.15) is 11.9 Å². The zero-order valence-electron chi connectivity index (χ0n) is 13.9. The maximum atomic E-state index is 12.8.